The van der Waals surface area contributed by atoms with Crippen molar-refractivity contribution in [1.82, 2.24) is 5.43 Å². The normalized spacial score (nSPS) is 10.9. The van der Waals surface area contributed by atoms with E-state index in [1.165, 1.54) is 0 Å². The molecule has 4 N–H and O–H groups in total. The largest absolute Gasteiger partial charge is 0.319 e. The van der Waals surface area contributed by atoms with Crippen molar-refractivity contribution in [1.29, 1.82) is 0 Å². The molecule has 0 heterocycles. The van der Waals surface area contributed by atoms with Gasteiger partial charge in [0.2, 0.25) is 5.84 Å². The van der Waals surface area contributed by atoms with Gasteiger partial charge < -0.3 is 10.7 Å². The first-order chi connectivity index (χ1) is 9.29. The molecule has 0 aliphatic carbocycles. The summed E-state index contributed by atoms with van der Waals surface area (Å²) in [6.07, 6.45) is 0. The van der Waals surface area contributed by atoms with Crippen LogP contribution in [0, 0.1) is 0 Å². The lowest BCUT2D eigenvalue weighted by molar-refractivity contribution is -0.110. The minimum Gasteiger partial charge on any atom is -0.319 e. The Morgan fingerprint density at radius 2 is 1.53 bits per heavy atom. The Balaban J connectivity index is 2.14. The number of hydrogen-bond acceptors (Lipinski definition) is 3. The highest BCUT2D eigenvalue weighted by Crippen LogP contribution is 2.10. The monoisotopic (exact) mass is 254 g/mol. The Labute approximate surface area is 111 Å². The number of rotatable bonds is 2. The van der Waals surface area contributed by atoms with Crippen molar-refractivity contribution in [2.75, 3.05) is 5.32 Å². The van der Waals surface area contributed by atoms with E-state index in [0.29, 0.717) is 11.4 Å². The lowest BCUT2D eigenvalue weighted by Gasteiger charge is -2.07. The second-order valence-corrected chi connectivity index (χ2v) is 3.76. The smallest absolute Gasteiger partial charge is 0.292 e. The molecule has 0 fully saturated rings. The molecule has 1 amide bonds. The van der Waals surface area contributed by atoms with Gasteiger partial charge in [-0.05, 0) is 24.3 Å². The predicted octanol–water partition coefficient (Wildman–Crippen LogP) is 1.82. The summed E-state index contributed by atoms with van der Waals surface area (Å²) >= 11 is 0. The molecule has 0 bridgehead atoms. The molecule has 2 rings (SSSR count). The molecular formula is C14H14N4O. The quantitative estimate of drug-likeness (QED) is 0.331. The minimum atomic E-state index is -0.391. The van der Waals surface area contributed by atoms with E-state index in [4.69, 9.17) is 5.84 Å². The number of carbonyl (C=O) groups is 1. The molecule has 2 aromatic carbocycles. The summed E-state index contributed by atoms with van der Waals surface area (Å²) < 4.78 is 0. The first-order valence-electron chi connectivity index (χ1n) is 5.76. The summed E-state index contributed by atoms with van der Waals surface area (Å²) in [6.45, 7) is 0. The van der Waals surface area contributed by atoms with Gasteiger partial charge in [-0.1, -0.05) is 36.4 Å². The van der Waals surface area contributed by atoms with E-state index in [1.54, 1.807) is 24.3 Å². The van der Waals surface area contributed by atoms with Gasteiger partial charge in [-0.2, -0.15) is 0 Å². The lowest BCUT2D eigenvalue weighted by atomic mass is 10.3. The van der Waals surface area contributed by atoms with Crippen molar-refractivity contribution in [3.05, 3.63) is 60.7 Å². The van der Waals surface area contributed by atoms with Crippen LogP contribution in [-0.2, 0) is 4.79 Å². The van der Waals surface area contributed by atoms with Crippen LogP contribution < -0.4 is 16.6 Å². The van der Waals surface area contributed by atoms with Crippen LogP contribution in [-0.4, -0.2) is 11.7 Å². The molecule has 0 spiro atoms. The van der Waals surface area contributed by atoms with Crippen LogP contribution in [0.15, 0.2) is 65.7 Å². The third kappa shape index (κ3) is 3.65. The highest BCUT2D eigenvalue weighted by molar-refractivity contribution is 6.42. The second-order valence-electron chi connectivity index (χ2n) is 3.76. The molecule has 0 atom stereocenters. The predicted molar refractivity (Wildman–Crippen MR) is 75.9 cm³/mol. The van der Waals surface area contributed by atoms with Gasteiger partial charge in [-0.3, -0.25) is 4.79 Å². The number of anilines is 1. The SMILES string of the molecule is NNC(=Nc1ccccc1)C(=O)Nc1ccccc1. The molecule has 19 heavy (non-hydrogen) atoms. The van der Waals surface area contributed by atoms with Gasteiger partial charge in [0, 0.05) is 5.69 Å². The molecule has 0 aromatic heterocycles. The number of benzene rings is 2. The average Bonchev–Trinajstić information content (AvgIpc) is 2.47. The third-order valence-corrected chi connectivity index (χ3v) is 2.38. The zero-order chi connectivity index (χ0) is 13.5. The first kappa shape index (κ1) is 12.8. The highest BCUT2D eigenvalue weighted by Gasteiger charge is 2.10. The van der Waals surface area contributed by atoms with Crippen molar-refractivity contribution in [2.45, 2.75) is 0 Å². The zero-order valence-electron chi connectivity index (χ0n) is 10.2. The molecule has 2 aromatic rings. The summed E-state index contributed by atoms with van der Waals surface area (Å²) in [6, 6.07) is 18.2. The Kier molecular flexibility index (Phi) is 4.25. The fourth-order valence-corrected chi connectivity index (χ4v) is 1.49. The average molecular weight is 254 g/mol. The molecule has 0 unspecified atom stereocenters. The second kappa shape index (κ2) is 6.32. The maximum Gasteiger partial charge on any atom is 0.292 e. The Bertz CT molecular complexity index is 567. The molecular weight excluding hydrogens is 240 g/mol. The van der Waals surface area contributed by atoms with Crippen LogP contribution >= 0.6 is 0 Å². The van der Waals surface area contributed by atoms with E-state index < -0.39 is 5.91 Å². The number of nitrogens with one attached hydrogen (secondary N) is 2. The fourth-order valence-electron chi connectivity index (χ4n) is 1.49. The van der Waals surface area contributed by atoms with Crippen LogP contribution in [0.25, 0.3) is 0 Å². The molecule has 0 radical (unpaired) electrons. The molecule has 0 aliphatic heterocycles. The van der Waals surface area contributed by atoms with E-state index in [-0.39, 0.29) is 5.84 Å². The maximum atomic E-state index is 12.0. The summed E-state index contributed by atoms with van der Waals surface area (Å²) in [5.41, 5.74) is 3.64. The molecule has 0 aliphatic rings. The number of carbonyl (C=O) groups excluding carboxylic acids is 1. The number of amides is 1. The van der Waals surface area contributed by atoms with Crippen molar-refractivity contribution < 1.29 is 4.79 Å². The number of hydrogen-bond donors (Lipinski definition) is 3. The van der Waals surface area contributed by atoms with Crippen molar-refractivity contribution >= 4 is 23.1 Å². The molecule has 0 saturated carbocycles. The first-order valence-corrected chi connectivity index (χ1v) is 5.76. The van der Waals surface area contributed by atoms with Gasteiger partial charge in [-0.15, -0.1) is 0 Å². The van der Waals surface area contributed by atoms with Crippen LogP contribution in [0.1, 0.15) is 0 Å². The Hall–Kier alpha value is -2.66. The minimum absolute atomic E-state index is 0.0510. The van der Waals surface area contributed by atoms with E-state index in [2.05, 4.69) is 15.7 Å². The van der Waals surface area contributed by atoms with E-state index in [9.17, 15) is 4.79 Å². The van der Waals surface area contributed by atoms with Gasteiger partial charge in [0.05, 0.1) is 5.69 Å². The zero-order valence-corrected chi connectivity index (χ0v) is 10.2. The standard InChI is InChI=1S/C14H14N4O/c15-18-13(16-11-7-3-1-4-8-11)14(19)17-12-9-5-2-6-10-12/h1-10H,15H2,(H,16,18)(H,17,19). The number of para-hydroxylation sites is 2. The van der Waals surface area contributed by atoms with E-state index in [1.807, 2.05) is 36.4 Å². The molecule has 5 heteroatoms. The van der Waals surface area contributed by atoms with E-state index >= 15 is 0 Å². The van der Waals surface area contributed by atoms with Crippen molar-refractivity contribution in [2.24, 2.45) is 10.8 Å². The van der Waals surface area contributed by atoms with Crippen LogP contribution in [0.5, 0.6) is 0 Å². The summed E-state index contributed by atoms with van der Waals surface area (Å²) in [5.74, 6) is 4.99. The van der Waals surface area contributed by atoms with Gasteiger partial charge >= 0.3 is 0 Å². The van der Waals surface area contributed by atoms with Gasteiger partial charge in [0.15, 0.2) is 0 Å². The number of hydrazine groups is 1. The molecule has 0 saturated heterocycles. The summed E-state index contributed by atoms with van der Waals surface area (Å²) in [5, 5.41) is 2.70. The Morgan fingerprint density at radius 3 is 2.11 bits per heavy atom. The highest BCUT2D eigenvalue weighted by atomic mass is 16.2. The summed E-state index contributed by atoms with van der Waals surface area (Å²) in [7, 11) is 0. The van der Waals surface area contributed by atoms with Crippen LogP contribution in [0.2, 0.25) is 0 Å². The molecule has 5 nitrogen and oxygen atoms in total. The maximum absolute atomic E-state index is 12.0. The van der Waals surface area contributed by atoms with Gasteiger partial charge in [-0.25, -0.2) is 10.8 Å². The van der Waals surface area contributed by atoms with E-state index in [0.717, 1.165) is 0 Å². The van der Waals surface area contributed by atoms with Crippen molar-refractivity contribution in [3.8, 4) is 0 Å². The lowest BCUT2D eigenvalue weighted by Crippen LogP contribution is -2.39. The number of nitrogens with zero attached hydrogens (tertiary/aromatic N) is 1. The van der Waals surface area contributed by atoms with Crippen molar-refractivity contribution in [3.63, 3.8) is 0 Å². The molecule has 96 valence electrons. The third-order valence-electron chi connectivity index (χ3n) is 2.38. The van der Waals surface area contributed by atoms with Crippen LogP contribution in [0.3, 0.4) is 0 Å². The summed E-state index contributed by atoms with van der Waals surface area (Å²) in [4.78, 5) is 16.1. The fraction of sp³-hybridized carbons (Fsp3) is 0. The topological polar surface area (TPSA) is 79.5 Å². The number of nitrogens with two attached hydrogens (primary N) is 1. The number of aliphatic imine (C=N–C) groups is 1. The Morgan fingerprint density at radius 1 is 0.947 bits per heavy atom. The van der Waals surface area contributed by atoms with Gasteiger partial charge in [0.25, 0.3) is 5.91 Å². The van der Waals surface area contributed by atoms with Crippen LogP contribution in [0.4, 0.5) is 11.4 Å². The number of amidine groups is 1. The van der Waals surface area contributed by atoms with Gasteiger partial charge in [0.1, 0.15) is 0 Å².